The summed E-state index contributed by atoms with van der Waals surface area (Å²) in [4.78, 5) is 72.7. The van der Waals surface area contributed by atoms with Crippen LogP contribution in [-0.4, -0.2) is 46.5 Å². The average Bonchev–Trinajstić information content (AvgIpc) is 2.14. The van der Waals surface area contributed by atoms with E-state index in [-0.39, 0.29) is 88.7 Å². The quantitative estimate of drug-likeness (QED) is 0.174. The minimum Gasteiger partial charge on any atom is -0.538 e. The number of carboxylic acid groups (broad SMARTS) is 3. The molecular weight excluding hydrogens is 438 g/mol. The van der Waals surface area contributed by atoms with Gasteiger partial charge in [0.05, 0.1) is 0 Å². The Kier molecular flexibility index (Phi) is 28.7. The third-order valence-electron chi connectivity index (χ3n) is 0.714. The zero-order valence-corrected chi connectivity index (χ0v) is 20.9. The zero-order valence-electron chi connectivity index (χ0n) is 12.2. The SMILES string of the molecule is O=C([O-])P(=O)(O)O.O=C([O-])P(=O)(O)O.O=C([O-])P(=O)(O)O.[Na+].[Na+].[Na+]. The molecule has 0 fully saturated rings. The largest absolute Gasteiger partial charge is 1.00 e. The molecular formula is C3H6Na3O15P3. The molecule has 24 heavy (non-hydrogen) atoms. The van der Waals surface area contributed by atoms with E-state index >= 15 is 0 Å². The molecule has 0 saturated carbocycles. The fraction of sp³-hybridized carbons (Fsp3) is 0. The average molecular weight is 444 g/mol. The molecule has 21 heteroatoms. The van der Waals surface area contributed by atoms with Crippen LogP contribution in [0.3, 0.4) is 0 Å². The molecule has 0 atom stereocenters. The summed E-state index contributed by atoms with van der Waals surface area (Å²) in [7, 11) is -14.8. The first kappa shape index (κ1) is 40.5. The predicted octanol–water partition coefficient (Wildman–Crippen LogP) is -13.5. The second kappa shape index (κ2) is 17.0. The van der Waals surface area contributed by atoms with Crippen LogP contribution < -0.4 is 104 Å². The summed E-state index contributed by atoms with van der Waals surface area (Å²) in [5.74, 6) is 0. The molecule has 6 N–H and O–H groups in total. The van der Waals surface area contributed by atoms with Gasteiger partial charge in [-0.15, -0.1) is 0 Å². The second-order valence-electron chi connectivity index (χ2n) is 2.43. The van der Waals surface area contributed by atoms with Gasteiger partial charge >= 0.3 is 111 Å². The first-order valence-corrected chi connectivity index (χ1v) is 8.48. The fourth-order valence-electron chi connectivity index (χ4n) is 0. The molecule has 0 radical (unpaired) electrons. The van der Waals surface area contributed by atoms with Crippen molar-refractivity contribution >= 4 is 39.9 Å². The summed E-state index contributed by atoms with van der Waals surface area (Å²) in [6.45, 7) is 0. The molecule has 0 spiro atoms. The first-order chi connectivity index (χ1) is 8.83. The van der Waals surface area contributed by atoms with Crippen molar-refractivity contribution in [3.63, 3.8) is 0 Å². The van der Waals surface area contributed by atoms with E-state index in [1.807, 2.05) is 0 Å². The molecule has 0 saturated heterocycles. The Balaban J connectivity index is -0.0000000476. The van der Waals surface area contributed by atoms with E-state index in [0.29, 0.717) is 0 Å². The molecule has 0 heterocycles. The van der Waals surface area contributed by atoms with Crippen LogP contribution in [0.25, 0.3) is 0 Å². The third-order valence-corrected chi connectivity index (χ3v) is 2.14. The van der Waals surface area contributed by atoms with Gasteiger partial charge in [0.25, 0.3) is 0 Å². The van der Waals surface area contributed by atoms with E-state index in [1.165, 1.54) is 0 Å². The van der Waals surface area contributed by atoms with Crippen LogP contribution in [0.2, 0.25) is 0 Å². The molecule has 0 aliphatic heterocycles. The van der Waals surface area contributed by atoms with Gasteiger partial charge in [0.15, 0.2) is 17.1 Å². The number of hydrogen-bond donors (Lipinski definition) is 6. The topological polar surface area (TPSA) is 293 Å². The zero-order chi connectivity index (χ0) is 18.2. The maximum atomic E-state index is 9.36. The number of carbonyl (C=O) groups is 3. The summed E-state index contributed by atoms with van der Waals surface area (Å²) in [6, 6.07) is 0. The molecule has 0 aromatic rings. The first-order valence-electron chi connectivity index (χ1n) is 3.64. The minimum atomic E-state index is -4.93. The van der Waals surface area contributed by atoms with Gasteiger partial charge in [0.2, 0.25) is 0 Å². The van der Waals surface area contributed by atoms with Crippen molar-refractivity contribution in [2.75, 3.05) is 0 Å². The van der Waals surface area contributed by atoms with Crippen molar-refractivity contribution in [1.82, 2.24) is 0 Å². The van der Waals surface area contributed by atoms with E-state index in [1.54, 1.807) is 0 Å². The maximum Gasteiger partial charge on any atom is 1.00 e. The van der Waals surface area contributed by atoms with Crippen molar-refractivity contribution in [2.24, 2.45) is 0 Å². The van der Waals surface area contributed by atoms with Crippen molar-refractivity contribution in [2.45, 2.75) is 0 Å². The summed E-state index contributed by atoms with van der Waals surface area (Å²) in [5, 5.41) is 27.4. The Morgan fingerprint density at radius 3 is 0.542 bits per heavy atom. The van der Waals surface area contributed by atoms with Crippen molar-refractivity contribution in [3.8, 4) is 0 Å². The van der Waals surface area contributed by atoms with E-state index in [9.17, 15) is 13.7 Å². The molecule has 0 rings (SSSR count). The number of hydrogen-bond acceptors (Lipinski definition) is 9. The Morgan fingerprint density at radius 1 is 0.500 bits per heavy atom. The van der Waals surface area contributed by atoms with Crippen molar-refractivity contribution < 1.29 is 161 Å². The molecule has 15 nitrogen and oxygen atoms in total. The van der Waals surface area contributed by atoms with Crippen LogP contribution in [0.15, 0.2) is 0 Å². The smallest absolute Gasteiger partial charge is 0.538 e. The van der Waals surface area contributed by atoms with Crippen LogP contribution in [-0.2, 0) is 13.7 Å². The Hall–Kier alpha value is 1.86. The Morgan fingerprint density at radius 2 is 0.542 bits per heavy atom. The monoisotopic (exact) mass is 444 g/mol. The Labute approximate surface area is 199 Å². The number of rotatable bonds is 3. The molecule has 0 aromatic carbocycles. The molecule has 0 amide bonds. The van der Waals surface area contributed by atoms with Gasteiger partial charge in [-0.1, -0.05) is 0 Å². The standard InChI is InChI=1S/3CH3O5P.3Na/c3*2-1(3)7(4,5)6;;;/h3*(H,2,3)(H2,4,5,6);;;/q;;;3*+1/p-3. The van der Waals surface area contributed by atoms with E-state index in [0.717, 1.165) is 0 Å². The van der Waals surface area contributed by atoms with E-state index in [4.69, 9.17) is 59.1 Å². The molecule has 126 valence electrons. The molecule has 0 aromatic heterocycles. The van der Waals surface area contributed by atoms with Gasteiger partial charge < -0.3 is 59.1 Å². The van der Waals surface area contributed by atoms with Crippen LogP contribution in [0.5, 0.6) is 0 Å². The summed E-state index contributed by atoms with van der Waals surface area (Å²) in [5.41, 5.74) is -7.02. The molecule has 0 bridgehead atoms. The summed E-state index contributed by atoms with van der Waals surface area (Å²) >= 11 is 0. The second-order valence-corrected chi connectivity index (χ2v) is 6.79. The van der Waals surface area contributed by atoms with Crippen molar-refractivity contribution in [3.05, 3.63) is 0 Å². The van der Waals surface area contributed by atoms with Crippen LogP contribution >= 0.6 is 22.8 Å². The number of carbonyl (C=O) groups excluding carboxylic acids is 3. The van der Waals surface area contributed by atoms with Gasteiger partial charge in [-0.2, -0.15) is 0 Å². The molecule has 0 aliphatic carbocycles. The van der Waals surface area contributed by atoms with Gasteiger partial charge in [0.1, 0.15) is 0 Å². The van der Waals surface area contributed by atoms with Gasteiger partial charge in [-0.3, -0.25) is 13.7 Å². The molecule has 0 unspecified atom stereocenters. The maximum absolute atomic E-state index is 9.36. The summed E-state index contributed by atoms with van der Waals surface area (Å²) < 4.78 is 28.1. The van der Waals surface area contributed by atoms with Gasteiger partial charge in [-0.25, -0.2) is 0 Å². The normalized spacial score (nSPS) is 9.75. The van der Waals surface area contributed by atoms with Gasteiger partial charge in [0, 0.05) is 0 Å². The van der Waals surface area contributed by atoms with Gasteiger partial charge in [-0.05, 0) is 0 Å². The fourth-order valence-corrected chi connectivity index (χ4v) is 0. The van der Waals surface area contributed by atoms with Crippen LogP contribution in [0, 0.1) is 0 Å². The van der Waals surface area contributed by atoms with Crippen molar-refractivity contribution in [1.29, 1.82) is 0 Å². The molecule has 0 aliphatic rings. The van der Waals surface area contributed by atoms with Crippen LogP contribution in [0.4, 0.5) is 14.4 Å². The minimum absolute atomic E-state index is 0. The third kappa shape index (κ3) is 31.6. The van der Waals surface area contributed by atoms with E-state index < -0.39 is 39.9 Å². The predicted molar refractivity (Wildman–Crippen MR) is 52.3 cm³/mol. The van der Waals surface area contributed by atoms with E-state index in [2.05, 4.69) is 0 Å². The van der Waals surface area contributed by atoms with Crippen LogP contribution in [0.1, 0.15) is 0 Å². The summed E-state index contributed by atoms with van der Waals surface area (Å²) in [6.07, 6.45) is 0. The Bertz CT molecular complexity index is 449.